The van der Waals surface area contributed by atoms with Crippen LogP contribution in [0.4, 0.5) is 13.2 Å². The number of rotatable bonds is 6. The number of carboxylic acid groups (broad SMARTS) is 2. The van der Waals surface area contributed by atoms with Crippen LogP contribution in [-0.2, 0) is 16.1 Å². The molecule has 2 N–H and O–H groups in total. The number of likely N-dealkylation sites (tertiary alicyclic amines) is 1. The number of aromatic carboxylic acids is 1. The number of aromatic nitrogens is 1. The molecule has 1 atom stereocenters. The van der Waals surface area contributed by atoms with E-state index in [2.05, 4.69) is 22.8 Å². The number of fused-ring (bicyclic) bond motifs is 5. The number of aliphatic carboxylic acids is 1. The van der Waals surface area contributed by atoms with E-state index >= 15 is 0 Å². The number of alkyl halides is 3. The maximum atomic E-state index is 11.9. The van der Waals surface area contributed by atoms with Gasteiger partial charge < -0.3 is 33.9 Å². The van der Waals surface area contributed by atoms with Gasteiger partial charge in [0.05, 0.1) is 37.5 Å². The largest absolute Gasteiger partial charge is 0.542 e. The number of quaternary nitrogens is 1. The zero-order valence-electron chi connectivity index (χ0n) is 24.0. The highest BCUT2D eigenvalue weighted by Gasteiger charge is 2.31. The Labute approximate surface area is 248 Å². The van der Waals surface area contributed by atoms with Gasteiger partial charge in [-0.25, -0.2) is 4.79 Å². The van der Waals surface area contributed by atoms with Crippen molar-refractivity contribution in [2.24, 2.45) is 0 Å². The van der Waals surface area contributed by atoms with Crippen LogP contribution in [0.5, 0.6) is 5.75 Å². The monoisotopic (exact) mass is 602 g/mol. The van der Waals surface area contributed by atoms with E-state index in [4.69, 9.17) is 19.4 Å². The van der Waals surface area contributed by atoms with Gasteiger partial charge in [0.25, 0.3) is 0 Å². The molecule has 2 fully saturated rings. The van der Waals surface area contributed by atoms with Crippen molar-refractivity contribution < 1.29 is 47.3 Å². The maximum Gasteiger partial charge on any atom is 0.430 e. The first-order valence-corrected chi connectivity index (χ1v) is 15.0. The van der Waals surface area contributed by atoms with E-state index in [1.54, 1.807) is 11.0 Å². The third-order valence-corrected chi connectivity index (χ3v) is 8.67. The number of hydrogen-bond acceptors (Lipinski definition) is 5. The van der Waals surface area contributed by atoms with E-state index in [-0.39, 0.29) is 6.10 Å². The normalized spacial score (nSPS) is 19.4. The summed E-state index contributed by atoms with van der Waals surface area (Å²) < 4.78 is 46.7. The number of carboxylic acids is 2. The molecule has 232 valence electrons. The predicted molar refractivity (Wildman–Crippen MR) is 151 cm³/mol. The van der Waals surface area contributed by atoms with Crippen molar-refractivity contribution in [3.05, 3.63) is 53.6 Å². The van der Waals surface area contributed by atoms with Crippen molar-refractivity contribution in [2.45, 2.75) is 69.7 Å². The van der Waals surface area contributed by atoms with Crippen molar-refractivity contribution in [3.8, 4) is 17.0 Å². The fourth-order valence-corrected chi connectivity index (χ4v) is 6.62. The van der Waals surface area contributed by atoms with Crippen LogP contribution in [0.1, 0.15) is 66.8 Å². The van der Waals surface area contributed by atoms with Gasteiger partial charge in [0.1, 0.15) is 31.0 Å². The molecule has 8 nitrogen and oxygen atoms in total. The molecule has 3 heterocycles. The highest BCUT2D eigenvalue weighted by atomic mass is 19.4. The Morgan fingerprint density at radius 3 is 2.42 bits per heavy atom. The molecule has 0 unspecified atom stereocenters. The lowest BCUT2D eigenvalue weighted by atomic mass is 9.81. The van der Waals surface area contributed by atoms with E-state index in [1.807, 2.05) is 18.2 Å². The predicted octanol–water partition coefficient (Wildman–Crippen LogP) is 3.81. The number of hydrogen-bond donors (Lipinski definition) is 2. The van der Waals surface area contributed by atoms with Crippen LogP contribution < -0.4 is 14.7 Å². The van der Waals surface area contributed by atoms with Gasteiger partial charge in [-0.15, -0.1) is 0 Å². The molecule has 1 saturated carbocycles. The topological polar surface area (TPSA) is 105 Å². The summed E-state index contributed by atoms with van der Waals surface area (Å²) in [5, 5.41) is 19.7. The summed E-state index contributed by atoms with van der Waals surface area (Å²) in [5.74, 6) is -2.54. The highest BCUT2D eigenvalue weighted by Crippen LogP contribution is 2.47. The number of ether oxygens (including phenoxy) is 2. The first-order chi connectivity index (χ1) is 20.6. The number of benzene rings is 2. The molecule has 0 spiro atoms. The molecule has 0 bridgehead atoms. The quantitative estimate of drug-likeness (QED) is 0.445. The lowest BCUT2D eigenvalue weighted by Gasteiger charge is -2.28. The molecule has 0 amide bonds. The van der Waals surface area contributed by atoms with Gasteiger partial charge in [-0.2, -0.15) is 13.2 Å². The molecule has 3 aliphatic rings. The van der Waals surface area contributed by atoms with Crippen molar-refractivity contribution in [1.29, 1.82) is 0 Å². The summed E-state index contributed by atoms with van der Waals surface area (Å²) >= 11 is 0. The zero-order valence-corrected chi connectivity index (χ0v) is 24.0. The minimum Gasteiger partial charge on any atom is -0.542 e. The number of nitrogens with zero attached hydrogens (tertiary/aromatic N) is 1. The standard InChI is InChI=1S/C30H36N2O4.C2HF3O2/c33-30(34)22-12-13-24-26(18-22)32-19-23(35-17-16-31-14-6-7-15-31)20-36-27-11-5-4-10-25(27)29(32)28(24)21-8-2-1-3-9-21;3-2(4,5)1(6)7/h4-5,10-13,18,21,23H,1-3,6-9,14-17,19-20H2,(H,33,34);(H,6,7)/t23-;/m0./s1. The van der Waals surface area contributed by atoms with Gasteiger partial charge in [0.2, 0.25) is 0 Å². The fourth-order valence-electron chi connectivity index (χ4n) is 6.62. The zero-order chi connectivity index (χ0) is 30.6. The summed E-state index contributed by atoms with van der Waals surface area (Å²) in [7, 11) is 0. The number of halogens is 3. The maximum absolute atomic E-state index is 11.9. The Morgan fingerprint density at radius 2 is 1.74 bits per heavy atom. The molecule has 6 rings (SSSR count). The molecule has 43 heavy (non-hydrogen) atoms. The number of nitrogens with one attached hydrogen (secondary N) is 1. The smallest absolute Gasteiger partial charge is 0.430 e. The van der Waals surface area contributed by atoms with Gasteiger partial charge in [-0.05, 0) is 48.6 Å². The molecule has 2 aliphatic heterocycles. The molecule has 0 radical (unpaired) electrons. The van der Waals surface area contributed by atoms with Gasteiger partial charge >= 0.3 is 12.1 Å². The Hall–Kier alpha value is -3.57. The van der Waals surface area contributed by atoms with Crippen LogP contribution in [0.15, 0.2) is 42.5 Å². The summed E-state index contributed by atoms with van der Waals surface area (Å²) in [4.78, 5) is 22.3. The molecule has 11 heteroatoms. The average Bonchev–Trinajstić information content (AvgIpc) is 3.61. The Morgan fingerprint density at radius 1 is 1.05 bits per heavy atom. The van der Waals surface area contributed by atoms with Gasteiger partial charge in [-0.3, -0.25) is 0 Å². The number of para-hydroxylation sites is 1. The van der Waals surface area contributed by atoms with Crippen LogP contribution in [0.2, 0.25) is 0 Å². The van der Waals surface area contributed by atoms with E-state index in [9.17, 15) is 23.1 Å². The summed E-state index contributed by atoms with van der Waals surface area (Å²) in [6.07, 6.45) is 3.47. The van der Waals surface area contributed by atoms with Gasteiger partial charge in [0.15, 0.2) is 0 Å². The highest BCUT2D eigenvalue weighted by molar-refractivity contribution is 5.98. The van der Waals surface area contributed by atoms with Crippen molar-refractivity contribution in [3.63, 3.8) is 0 Å². The van der Waals surface area contributed by atoms with Crippen molar-refractivity contribution >= 4 is 22.8 Å². The van der Waals surface area contributed by atoms with Crippen LogP contribution in [0.3, 0.4) is 0 Å². The molecular formula is C32H37F3N2O6. The van der Waals surface area contributed by atoms with E-state index in [0.29, 0.717) is 24.6 Å². The third-order valence-electron chi connectivity index (χ3n) is 8.67. The van der Waals surface area contributed by atoms with Crippen LogP contribution >= 0.6 is 0 Å². The third kappa shape index (κ3) is 7.15. The summed E-state index contributed by atoms with van der Waals surface area (Å²) in [5.41, 5.74) is 4.99. The van der Waals surface area contributed by atoms with Crippen molar-refractivity contribution in [2.75, 3.05) is 32.8 Å². The Balaban J connectivity index is 0.000000472. The molecule has 1 saturated heterocycles. The lowest BCUT2D eigenvalue weighted by molar-refractivity contribution is -0.887. The molecule has 1 aromatic heterocycles. The minimum absolute atomic E-state index is 0.0950. The number of carbonyl (C=O) groups excluding carboxylic acids is 1. The van der Waals surface area contributed by atoms with E-state index < -0.39 is 18.1 Å². The lowest BCUT2D eigenvalue weighted by Crippen LogP contribution is -3.10. The summed E-state index contributed by atoms with van der Waals surface area (Å²) in [6, 6.07) is 14.0. The van der Waals surface area contributed by atoms with E-state index in [1.165, 1.54) is 74.7 Å². The molecule has 2 aromatic carbocycles. The minimum atomic E-state index is -5.19. The second-order valence-electron chi connectivity index (χ2n) is 11.5. The van der Waals surface area contributed by atoms with Crippen LogP contribution in [-0.4, -0.2) is 66.7 Å². The average molecular weight is 603 g/mol. The Kier molecular flexibility index (Phi) is 9.61. The first kappa shape index (κ1) is 30.9. The molecule has 1 aliphatic carbocycles. The van der Waals surface area contributed by atoms with Crippen molar-refractivity contribution in [1.82, 2.24) is 4.57 Å². The molecule has 3 aromatic rings. The SMILES string of the molecule is O=C(O)c1ccc2c(C3CCCCC3)c3n(c2c1)C[C@H](OCC[NH+]1CCCC1)COc1ccccc1-3.O=C([O-])C(F)(F)F. The second-order valence-corrected chi connectivity index (χ2v) is 11.5. The van der Waals surface area contributed by atoms with Gasteiger partial charge in [0, 0.05) is 29.3 Å². The summed E-state index contributed by atoms with van der Waals surface area (Å²) in [6.45, 7) is 5.38. The Bertz CT molecular complexity index is 1440. The number of carbonyl (C=O) groups is 2. The van der Waals surface area contributed by atoms with E-state index in [0.717, 1.165) is 30.0 Å². The second kappa shape index (κ2) is 13.4. The van der Waals surface area contributed by atoms with Gasteiger partial charge in [-0.1, -0.05) is 37.5 Å². The van der Waals surface area contributed by atoms with Crippen LogP contribution in [0, 0.1) is 0 Å². The fraction of sp³-hybridized carbons (Fsp3) is 0.500. The van der Waals surface area contributed by atoms with Crippen LogP contribution in [0.25, 0.3) is 22.2 Å². The first-order valence-electron chi connectivity index (χ1n) is 15.0. The molecular weight excluding hydrogens is 565 g/mol.